The average Bonchev–Trinajstić information content (AvgIpc) is 3.03. The third-order valence-electron chi connectivity index (χ3n) is 3.07. The smallest absolute Gasteiger partial charge is 0.128 e. The predicted octanol–water partition coefficient (Wildman–Crippen LogP) is 3.35. The van der Waals surface area contributed by atoms with Crippen LogP contribution < -0.4 is 4.74 Å². The van der Waals surface area contributed by atoms with Gasteiger partial charge in [-0.15, -0.1) is 0 Å². The first-order chi connectivity index (χ1) is 7.07. The summed E-state index contributed by atoms with van der Waals surface area (Å²) in [5.74, 6) is 0.928. The van der Waals surface area contributed by atoms with E-state index in [9.17, 15) is 0 Å². The highest BCUT2D eigenvalue weighted by molar-refractivity contribution is 6.32. The summed E-state index contributed by atoms with van der Waals surface area (Å²) < 4.78 is 10.8. The fraction of sp³-hybridized carbons (Fsp3) is 0.500. The molecule has 0 bridgehead atoms. The Morgan fingerprint density at radius 1 is 1.20 bits per heavy atom. The van der Waals surface area contributed by atoms with Gasteiger partial charge in [0, 0.05) is 10.6 Å². The second kappa shape index (κ2) is 3.69. The van der Waals surface area contributed by atoms with Gasteiger partial charge in [0.1, 0.15) is 11.9 Å². The van der Waals surface area contributed by atoms with Gasteiger partial charge in [0.2, 0.25) is 0 Å². The summed E-state index contributed by atoms with van der Waals surface area (Å²) in [4.78, 5) is 0. The molecule has 15 heavy (non-hydrogen) atoms. The highest BCUT2D eigenvalue weighted by atomic mass is 35.5. The quantitative estimate of drug-likeness (QED) is 0.722. The van der Waals surface area contributed by atoms with Crippen molar-refractivity contribution < 1.29 is 9.47 Å². The fourth-order valence-electron chi connectivity index (χ4n) is 1.97. The lowest BCUT2D eigenvalue weighted by Crippen LogP contribution is -2.00. The molecule has 0 saturated carbocycles. The molecule has 3 heteroatoms. The van der Waals surface area contributed by atoms with Gasteiger partial charge in [-0.05, 0) is 37.5 Å². The van der Waals surface area contributed by atoms with Crippen LogP contribution >= 0.6 is 11.6 Å². The SMILES string of the molecule is COc1c(C)c(C)c(Cl)c(C)c1C1CO1. The zero-order valence-electron chi connectivity index (χ0n) is 9.48. The van der Waals surface area contributed by atoms with Crippen molar-refractivity contribution in [1.29, 1.82) is 0 Å². The minimum Gasteiger partial charge on any atom is -0.496 e. The number of ether oxygens (including phenoxy) is 2. The molecule has 1 heterocycles. The van der Waals surface area contributed by atoms with Crippen LogP contribution in [0.3, 0.4) is 0 Å². The lowest BCUT2D eigenvalue weighted by molar-refractivity contribution is 0.380. The Bertz CT molecular complexity index is 409. The van der Waals surface area contributed by atoms with Crippen LogP contribution in [0.4, 0.5) is 0 Å². The van der Waals surface area contributed by atoms with Gasteiger partial charge in [0.05, 0.1) is 13.7 Å². The van der Waals surface area contributed by atoms with E-state index in [2.05, 4.69) is 0 Å². The van der Waals surface area contributed by atoms with Crippen molar-refractivity contribution in [2.75, 3.05) is 13.7 Å². The van der Waals surface area contributed by atoms with Crippen LogP contribution in [0.25, 0.3) is 0 Å². The number of hydrogen-bond donors (Lipinski definition) is 0. The molecule has 0 amide bonds. The van der Waals surface area contributed by atoms with Gasteiger partial charge in [0.25, 0.3) is 0 Å². The Labute approximate surface area is 95.1 Å². The van der Waals surface area contributed by atoms with E-state index < -0.39 is 0 Å². The molecule has 1 aromatic rings. The van der Waals surface area contributed by atoms with Gasteiger partial charge in [-0.3, -0.25) is 0 Å². The molecule has 1 unspecified atom stereocenters. The van der Waals surface area contributed by atoms with Crippen molar-refractivity contribution in [3.05, 3.63) is 27.3 Å². The number of rotatable bonds is 2. The molecule has 0 spiro atoms. The maximum absolute atomic E-state index is 6.28. The molecular formula is C12H15ClO2. The van der Waals surface area contributed by atoms with E-state index in [4.69, 9.17) is 21.1 Å². The highest BCUT2D eigenvalue weighted by Gasteiger charge is 2.32. The summed E-state index contributed by atoms with van der Waals surface area (Å²) in [6.45, 7) is 6.85. The Morgan fingerprint density at radius 2 is 1.80 bits per heavy atom. The lowest BCUT2D eigenvalue weighted by Gasteiger charge is -2.17. The lowest BCUT2D eigenvalue weighted by atomic mass is 9.97. The monoisotopic (exact) mass is 226 g/mol. The molecular weight excluding hydrogens is 212 g/mol. The second-order valence-electron chi connectivity index (χ2n) is 3.96. The summed E-state index contributed by atoms with van der Waals surface area (Å²) in [5.41, 5.74) is 4.40. The summed E-state index contributed by atoms with van der Waals surface area (Å²) in [7, 11) is 1.70. The molecule has 2 nitrogen and oxygen atoms in total. The molecule has 1 aromatic carbocycles. The molecule has 0 aromatic heterocycles. The van der Waals surface area contributed by atoms with Gasteiger partial charge in [0.15, 0.2) is 0 Å². The topological polar surface area (TPSA) is 21.8 Å². The molecule has 1 atom stereocenters. The number of benzene rings is 1. The molecule has 82 valence electrons. The van der Waals surface area contributed by atoms with E-state index >= 15 is 0 Å². The Hall–Kier alpha value is -0.730. The van der Waals surface area contributed by atoms with Crippen molar-refractivity contribution in [2.45, 2.75) is 26.9 Å². The predicted molar refractivity (Wildman–Crippen MR) is 60.9 cm³/mol. The van der Waals surface area contributed by atoms with Crippen LogP contribution in [0.2, 0.25) is 5.02 Å². The first-order valence-corrected chi connectivity index (χ1v) is 5.40. The van der Waals surface area contributed by atoms with E-state index in [1.54, 1.807) is 7.11 Å². The second-order valence-corrected chi connectivity index (χ2v) is 4.34. The van der Waals surface area contributed by atoms with Crippen molar-refractivity contribution in [3.63, 3.8) is 0 Å². The van der Waals surface area contributed by atoms with Crippen LogP contribution in [0.1, 0.15) is 28.4 Å². The number of methoxy groups -OCH3 is 1. The molecule has 1 fully saturated rings. The number of hydrogen-bond acceptors (Lipinski definition) is 2. The Balaban J connectivity index is 2.70. The van der Waals surface area contributed by atoms with Crippen molar-refractivity contribution >= 4 is 11.6 Å². The van der Waals surface area contributed by atoms with E-state index in [1.807, 2.05) is 20.8 Å². The van der Waals surface area contributed by atoms with Gasteiger partial charge in [-0.1, -0.05) is 11.6 Å². The van der Waals surface area contributed by atoms with Crippen molar-refractivity contribution in [3.8, 4) is 5.75 Å². The summed E-state index contributed by atoms with van der Waals surface area (Å²) >= 11 is 6.28. The zero-order valence-corrected chi connectivity index (χ0v) is 10.2. The minimum absolute atomic E-state index is 0.178. The third-order valence-corrected chi connectivity index (χ3v) is 3.64. The van der Waals surface area contributed by atoms with Gasteiger partial charge < -0.3 is 9.47 Å². The first-order valence-electron chi connectivity index (χ1n) is 5.02. The van der Waals surface area contributed by atoms with Crippen LogP contribution in [0, 0.1) is 20.8 Å². The molecule has 1 aliphatic rings. The molecule has 2 rings (SSSR count). The third kappa shape index (κ3) is 1.62. The summed E-state index contributed by atoms with van der Waals surface area (Å²) in [5, 5.41) is 0.832. The largest absolute Gasteiger partial charge is 0.496 e. The van der Waals surface area contributed by atoms with Crippen molar-refractivity contribution in [1.82, 2.24) is 0 Å². The first kappa shape index (κ1) is 10.8. The molecule has 0 N–H and O–H groups in total. The summed E-state index contributed by atoms with van der Waals surface area (Å²) in [6.07, 6.45) is 0.178. The normalized spacial score (nSPS) is 19.1. The minimum atomic E-state index is 0.178. The zero-order chi connectivity index (χ0) is 11.2. The fourth-order valence-corrected chi connectivity index (χ4v) is 2.22. The Kier molecular flexibility index (Phi) is 2.65. The molecule has 1 aliphatic heterocycles. The number of epoxide rings is 1. The molecule has 0 aliphatic carbocycles. The highest BCUT2D eigenvalue weighted by Crippen LogP contribution is 2.44. The van der Waals surface area contributed by atoms with E-state index in [0.29, 0.717) is 0 Å². The van der Waals surface area contributed by atoms with E-state index in [1.165, 1.54) is 0 Å². The van der Waals surface area contributed by atoms with E-state index in [0.717, 1.165) is 39.6 Å². The maximum Gasteiger partial charge on any atom is 0.128 e. The number of halogens is 1. The summed E-state index contributed by atoms with van der Waals surface area (Å²) in [6, 6.07) is 0. The van der Waals surface area contributed by atoms with Gasteiger partial charge in [-0.2, -0.15) is 0 Å². The molecule has 1 saturated heterocycles. The van der Waals surface area contributed by atoms with Crippen LogP contribution in [0.15, 0.2) is 0 Å². The molecule has 0 radical (unpaired) electrons. The van der Waals surface area contributed by atoms with Crippen LogP contribution in [-0.4, -0.2) is 13.7 Å². The van der Waals surface area contributed by atoms with Crippen LogP contribution in [-0.2, 0) is 4.74 Å². The van der Waals surface area contributed by atoms with Gasteiger partial charge in [-0.25, -0.2) is 0 Å². The van der Waals surface area contributed by atoms with Gasteiger partial charge >= 0.3 is 0 Å². The van der Waals surface area contributed by atoms with E-state index in [-0.39, 0.29) is 6.10 Å². The maximum atomic E-state index is 6.28. The Morgan fingerprint density at radius 3 is 2.27 bits per heavy atom. The van der Waals surface area contributed by atoms with Crippen molar-refractivity contribution in [2.24, 2.45) is 0 Å². The average molecular weight is 227 g/mol. The van der Waals surface area contributed by atoms with Crippen LogP contribution in [0.5, 0.6) is 5.75 Å². The standard InChI is InChI=1S/C12H15ClO2/c1-6-7(2)12(14-4)10(9-5-15-9)8(3)11(6)13/h9H,5H2,1-4H3.